The lowest BCUT2D eigenvalue weighted by Gasteiger charge is -2.22. The van der Waals surface area contributed by atoms with Crippen LogP contribution in [0.25, 0.3) is 0 Å². The molecule has 1 aromatic carbocycles. The summed E-state index contributed by atoms with van der Waals surface area (Å²) in [5.74, 6) is 0.0899. The molecule has 0 bridgehead atoms. The van der Waals surface area contributed by atoms with Gasteiger partial charge in [0.25, 0.3) is 0 Å². The summed E-state index contributed by atoms with van der Waals surface area (Å²) in [6.45, 7) is 10.8. The topological polar surface area (TPSA) is 21.3 Å². The molecule has 0 radical (unpaired) electrons. The van der Waals surface area contributed by atoms with E-state index in [0.717, 1.165) is 12.0 Å². The summed E-state index contributed by atoms with van der Waals surface area (Å²) in [6, 6.07) is 5.07. The maximum atomic E-state index is 13.8. The SMILES string of the molecule is CCC(C)Oc1c(F)cccc1CNC(C)(C)C. The summed E-state index contributed by atoms with van der Waals surface area (Å²) in [7, 11) is 0. The van der Waals surface area contributed by atoms with Gasteiger partial charge in [0, 0.05) is 17.6 Å². The molecule has 0 aliphatic carbocycles. The Labute approximate surface area is 110 Å². The number of benzene rings is 1. The Morgan fingerprint density at radius 3 is 2.56 bits per heavy atom. The van der Waals surface area contributed by atoms with E-state index in [0.29, 0.717) is 12.3 Å². The molecule has 1 aromatic rings. The third-order valence-corrected chi connectivity index (χ3v) is 2.75. The van der Waals surface area contributed by atoms with Gasteiger partial charge in [-0.1, -0.05) is 19.1 Å². The molecule has 102 valence electrons. The van der Waals surface area contributed by atoms with Crippen molar-refractivity contribution >= 4 is 0 Å². The summed E-state index contributed by atoms with van der Waals surface area (Å²) >= 11 is 0. The lowest BCUT2D eigenvalue weighted by atomic mass is 10.1. The van der Waals surface area contributed by atoms with Crippen molar-refractivity contribution in [3.8, 4) is 5.75 Å². The molecule has 1 atom stereocenters. The van der Waals surface area contributed by atoms with Gasteiger partial charge in [-0.3, -0.25) is 0 Å². The second-order valence-electron chi connectivity index (χ2n) is 5.67. The Bertz CT molecular complexity index is 385. The predicted molar refractivity (Wildman–Crippen MR) is 73.4 cm³/mol. The summed E-state index contributed by atoms with van der Waals surface area (Å²) < 4.78 is 19.5. The molecule has 2 nitrogen and oxygen atoms in total. The van der Waals surface area contributed by atoms with Gasteiger partial charge >= 0.3 is 0 Å². The molecule has 0 spiro atoms. The first-order valence-corrected chi connectivity index (χ1v) is 6.52. The fourth-order valence-electron chi connectivity index (χ4n) is 1.47. The first kappa shape index (κ1) is 15.0. The van der Waals surface area contributed by atoms with Crippen LogP contribution >= 0.6 is 0 Å². The van der Waals surface area contributed by atoms with Crippen molar-refractivity contribution in [1.82, 2.24) is 5.32 Å². The van der Waals surface area contributed by atoms with E-state index in [4.69, 9.17) is 4.74 Å². The number of rotatable bonds is 5. The molecule has 0 saturated heterocycles. The molecule has 1 rings (SSSR count). The van der Waals surface area contributed by atoms with E-state index in [1.165, 1.54) is 6.07 Å². The van der Waals surface area contributed by atoms with E-state index >= 15 is 0 Å². The summed E-state index contributed by atoms with van der Waals surface area (Å²) in [5, 5.41) is 3.35. The zero-order valence-corrected chi connectivity index (χ0v) is 12.0. The van der Waals surface area contributed by atoms with Gasteiger partial charge in [-0.2, -0.15) is 0 Å². The maximum Gasteiger partial charge on any atom is 0.165 e. The minimum atomic E-state index is -0.288. The minimum absolute atomic E-state index is 0.0000397. The van der Waals surface area contributed by atoms with Crippen molar-refractivity contribution in [2.75, 3.05) is 0 Å². The van der Waals surface area contributed by atoms with Crippen molar-refractivity contribution in [2.24, 2.45) is 0 Å². The lowest BCUT2D eigenvalue weighted by Crippen LogP contribution is -2.35. The van der Waals surface area contributed by atoms with Crippen LogP contribution in [-0.4, -0.2) is 11.6 Å². The predicted octanol–water partition coefficient (Wildman–Crippen LogP) is 3.89. The van der Waals surface area contributed by atoms with Crippen LogP contribution in [0.3, 0.4) is 0 Å². The highest BCUT2D eigenvalue weighted by Gasteiger charge is 2.15. The molecular weight excluding hydrogens is 229 g/mol. The molecule has 0 amide bonds. The third-order valence-electron chi connectivity index (χ3n) is 2.75. The van der Waals surface area contributed by atoms with Crippen molar-refractivity contribution in [3.05, 3.63) is 29.6 Å². The van der Waals surface area contributed by atoms with Gasteiger partial charge in [-0.25, -0.2) is 4.39 Å². The average Bonchev–Trinajstić information content (AvgIpc) is 2.28. The molecule has 0 fully saturated rings. The Hall–Kier alpha value is -1.09. The lowest BCUT2D eigenvalue weighted by molar-refractivity contribution is 0.204. The first-order chi connectivity index (χ1) is 8.33. The molecule has 1 N–H and O–H groups in total. The minimum Gasteiger partial charge on any atom is -0.487 e. The quantitative estimate of drug-likeness (QED) is 0.859. The summed E-state index contributed by atoms with van der Waals surface area (Å²) in [6.07, 6.45) is 0.885. The molecule has 18 heavy (non-hydrogen) atoms. The molecular formula is C15H24FNO. The number of para-hydroxylation sites is 1. The summed E-state index contributed by atoms with van der Waals surface area (Å²) in [4.78, 5) is 0. The van der Waals surface area contributed by atoms with E-state index < -0.39 is 0 Å². The van der Waals surface area contributed by atoms with Crippen molar-refractivity contribution in [1.29, 1.82) is 0 Å². The first-order valence-electron chi connectivity index (χ1n) is 6.52. The van der Waals surface area contributed by atoms with Gasteiger partial charge in [0.2, 0.25) is 0 Å². The number of hydrogen-bond donors (Lipinski definition) is 1. The third kappa shape index (κ3) is 4.65. The Balaban J connectivity index is 2.86. The van der Waals surface area contributed by atoms with Crippen LogP contribution < -0.4 is 10.1 Å². The number of hydrogen-bond acceptors (Lipinski definition) is 2. The van der Waals surface area contributed by atoms with Crippen LogP contribution in [-0.2, 0) is 6.54 Å². The van der Waals surface area contributed by atoms with Gasteiger partial charge in [0.15, 0.2) is 11.6 Å². The zero-order chi connectivity index (χ0) is 13.8. The fourth-order valence-corrected chi connectivity index (χ4v) is 1.47. The van der Waals surface area contributed by atoms with Crippen molar-refractivity contribution in [2.45, 2.75) is 59.2 Å². The van der Waals surface area contributed by atoms with Crippen LogP contribution in [0.4, 0.5) is 4.39 Å². The van der Waals surface area contributed by atoms with Crippen molar-refractivity contribution < 1.29 is 9.13 Å². The molecule has 0 aliphatic heterocycles. The average molecular weight is 253 g/mol. The van der Waals surface area contributed by atoms with Crippen LogP contribution in [0.15, 0.2) is 18.2 Å². The second kappa shape index (κ2) is 6.19. The van der Waals surface area contributed by atoms with Crippen LogP contribution in [0, 0.1) is 5.82 Å². The smallest absolute Gasteiger partial charge is 0.165 e. The molecule has 0 aromatic heterocycles. The standard InChI is InChI=1S/C15H24FNO/c1-6-11(2)18-14-12(8-7-9-13(14)16)10-17-15(3,4)5/h7-9,11,17H,6,10H2,1-5H3. The monoisotopic (exact) mass is 253 g/mol. The van der Waals surface area contributed by atoms with Gasteiger partial charge in [0.1, 0.15) is 0 Å². The van der Waals surface area contributed by atoms with Crippen molar-refractivity contribution in [3.63, 3.8) is 0 Å². The Morgan fingerprint density at radius 1 is 1.33 bits per heavy atom. The zero-order valence-electron chi connectivity index (χ0n) is 12.0. The number of halogens is 1. The molecule has 1 unspecified atom stereocenters. The largest absolute Gasteiger partial charge is 0.487 e. The highest BCUT2D eigenvalue weighted by Crippen LogP contribution is 2.24. The molecule has 0 aliphatic rings. The van der Waals surface area contributed by atoms with E-state index in [2.05, 4.69) is 26.1 Å². The van der Waals surface area contributed by atoms with E-state index in [1.54, 1.807) is 6.07 Å². The summed E-state index contributed by atoms with van der Waals surface area (Å²) in [5.41, 5.74) is 0.866. The van der Waals surface area contributed by atoms with Gasteiger partial charge < -0.3 is 10.1 Å². The van der Waals surface area contributed by atoms with Crippen LogP contribution in [0.2, 0.25) is 0 Å². The molecule has 3 heteroatoms. The second-order valence-corrected chi connectivity index (χ2v) is 5.67. The number of nitrogens with one attached hydrogen (secondary N) is 1. The normalized spacial score (nSPS) is 13.4. The van der Waals surface area contributed by atoms with Crippen LogP contribution in [0.5, 0.6) is 5.75 Å². The van der Waals surface area contributed by atoms with E-state index in [1.807, 2.05) is 19.9 Å². The molecule has 0 heterocycles. The van der Waals surface area contributed by atoms with Gasteiger partial charge in [0.05, 0.1) is 6.10 Å². The Kier molecular flexibility index (Phi) is 5.15. The molecule has 0 saturated carbocycles. The highest BCUT2D eigenvalue weighted by molar-refractivity contribution is 5.35. The van der Waals surface area contributed by atoms with E-state index in [9.17, 15) is 4.39 Å². The van der Waals surface area contributed by atoms with Gasteiger partial charge in [-0.05, 0) is 40.2 Å². The van der Waals surface area contributed by atoms with Gasteiger partial charge in [-0.15, -0.1) is 0 Å². The van der Waals surface area contributed by atoms with Crippen LogP contribution in [0.1, 0.15) is 46.6 Å². The Morgan fingerprint density at radius 2 is 2.00 bits per heavy atom. The highest BCUT2D eigenvalue weighted by atomic mass is 19.1. The van der Waals surface area contributed by atoms with E-state index in [-0.39, 0.29) is 17.5 Å². The number of ether oxygens (including phenoxy) is 1. The maximum absolute atomic E-state index is 13.8. The fraction of sp³-hybridized carbons (Fsp3) is 0.600.